The van der Waals surface area contributed by atoms with Gasteiger partial charge in [0.2, 0.25) is 0 Å². The lowest BCUT2D eigenvalue weighted by Crippen LogP contribution is -2.46. The summed E-state index contributed by atoms with van der Waals surface area (Å²) in [4.78, 5) is 60.2. The molecule has 3 rings (SSSR count). The lowest BCUT2D eigenvalue weighted by atomic mass is 9.98. The highest BCUT2D eigenvalue weighted by molar-refractivity contribution is 7.61. The Labute approximate surface area is 181 Å². The molecule has 0 amide bonds. The number of hydrogen-bond donors (Lipinski definition) is 4. The highest BCUT2D eigenvalue weighted by Gasteiger charge is 2.60. The second-order valence-corrected chi connectivity index (χ2v) is 9.73. The molecular formula is C17H25FN4O9P+. The van der Waals surface area contributed by atoms with Gasteiger partial charge < -0.3 is 14.2 Å². The van der Waals surface area contributed by atoms with E-state index >= 15 is 4.39 Å². The molecule has 0 aliphatic carbocycles. The normalized spacial score (nSPS) is 33.1. The van der Waals surface area contributed by atoms with Crippen LogP contribution < -0.4 is 21.4 Å². The van der Waals surface area contributed by atoms with Crippen LogP contribution in [-0.2, 0) is 28.3 Å². The van der Waals surface area contributed by atoms with E-state index < -0.39 is 75.0 Å². The Morgan fingerprint density at radius 2 is 2.19 bits per heavy atom. The van der Waals surface area contributed by atoms with Crippen LogP contribution in [0.4, 0.5) is 4.39 Å². The lowest BCUT2D eigenvalue weighted by molar-refractivity contribution is -0.156. The van der Waals surface area contributed by atoms with E-state index in [1.807, 2.05) is 4.98 Å². The average Bonchev–Trinajstić information content (AvgIpc) is 2.96. The number of aromatic amines is 1. The van der Waals surface area contributed by atoms with Crippen LogP contribution in [0, 0.1) is 0 Å². The van der Waals surface area contributed by atoms with Crippen molar-refractivity contribution >= 4 is 20.0 Å². The van der Waals surface area contributed by atoms with Crippen LogP contribution >= 0.6 is 8.02 Å². The smallest absolute Gasteiger partial charge is 0.429 e. The number of ether oxygens (including phenoxy) is 3. The zero-order valence-electron chi connectivity index (χ0n) is 17.6. The first-order valence-electron chi connectivity index (χ1n) is 9.72. The summed E-state index contributed by atoms with van der Waals surface area (Å²) in [5, 5.41) is 4.93. The maximum absolute atomic E-state index is 15.7. The third kappa shape index (κ3) is 5.39. The fourth-order valence-corrected chi connectivity index (χ4v) is 4.64. The molecule has 13 nitrogen and oxygen atoms in total. The first-order valence-corrected chi connectivity index (χ1v) is 11.4. The number of carbonyl (C=O) groups is 2. The molecule has 178 valence electrons. The zero-order chi connectivity index (χ0) is 23.7. The molecule has 0 aromatic carbocycles. The SMILES string of the molecule is CC(C)OC(=O)CN[P+]1(O)NCC(=O)O[C@@H]2[C@@H](CO1)O[C@@H](n1ccc(=O)[nH]c1=O)[C@]2(C)F. The molecule has 2 aliphatic rings. The van der Waals surface area contributed by atoms with Crippen LogP contribution in [0.25, 0.3) is 0 Å². The minimum atomic E-state index is -3.72. The number of halogens is 1. The summed E-state index contributed by atoms with van der Waals surface area (Å²) in [5.41, 5.74) is -3.98. The Balaban J connectivity index is 1.80. The number of rotatable bonds is 5. The van der Waals surface area contributed by atoms with Crippen LogP contribution in [0.1, 0.15) is 27.0 Å². The maximum Gasteiger partial charge on any atom is 0.429 e. The van der Waals surface area contributed by atoms with Gasteiger partial charge >= 0.3 is 25.6 Å². The number of esters is 2. The molecule has 1 aromatic heterocycles. The van der Waals surface area contributed by atoms with Crippen molar-refractivity contribution < 1.29 is 37.6 Å². The van der Waals surface area contributed by atoms with Gasteiger partial charge in [0.1, 0.15) is 25.8 Å². The Bertz CT molecular complexity index is 983. The molecule has 15 heteroatoms. The number of aromatic nitrogens is 2. The summed E-state index contributed by atoms with van der Waals surface area (Å²) in [6.07, 6.45) is -3.56. The molecule has 2 aliphatic heterocycles. The topological polar surface area (TPSA) is 170 Å². The number of alkyl halides is 1. The molecule has 3 heterocycles. The largest absolute Gasteiger partial charge is 0.462 e. The highest BCUT2D eigenvalue weighted by atomic mass is 31.2. The van der Waals surface area contributed by atoms with Crippen LogP contribution in [0.5, 0.6) is 0 Å². The van der Waals surface area contributed by atoms with Gasteiger partial charge in [-0.05, 0) is 20.8 Å². The number of nitrogens with one attached hydrogen (secondary N) is 3. The van der Waals surface area contributed by atoms with E-state index in [4.69, 9.17) is 18.7 Å². The average molecular weight is 479 g/mol. The van der Waals surface area contributed by atoms with Crippen LogP contribution in [-0.4, -0.2) is 70.1 Å². The lowest BCUT2D eigenvalue weighted by Gasteiger charge is -2.27. The Morgan fingerprint density at radius 3 is 2.84 bits per heavy atom. The van der Waals surface area contributed by atoms with Crippen molar-refractivity contribution in [1.29, 1.82) is 0 Å². The fraction of sp³-hybridized carbons (Fsp3) is 0.647. The number of hydrogen-bond acceptors (Lipinski definition) is 11. The Morgan fingerprint density at radius 1 is 1.47 bits per heavy atom. The van der Waals surface area contributed by atoms with Crippen LogP contribution in [0.15, 0.2) is 21.9 Å². The van der Waals surface area contributed by atoms with E-state index in [9.17, 15) is 24.1 Å². The van der Waals surface area contributed by atoms with Crippen molar-refractivity contribution in [3.63, 3.8) is 0 Å². The molecule has 5 atom stereocenters. The van der Waals surface area contributed by atoms with Crippen molar-refractivity contribution in [2.45, 2.75) is 51.0 Å². The predicted octanol–water partition coefficient (Wildman–Crippen LogP) is -1.10. The number of nitrogens with zero attached hydrogens (tertiary/aromatic N) is 1. The summed E-state index contributed by atoms with van der Waals surface area (Å²) in [5.74, 6) is -1.58. The molecule has 0 saturated carbocycles. The monoisotopic (exact) mass is 479 g/mol. The highest BCUT2D eigenvalue weighted by Crippen LogP contribution is 2.50. The first kappa shape index (κ1) is 24.4. The van der Waals surface area contributed by atoms with Gasteiger partial charge in [-0.3, -0.25) is 23.9 Å². The standard InChI is InChI=1S/C17H24FN4O9P/c1-9(2)29-12(24)6-19-32(27)20-7-13(25)31-14-10(8-28-32)30-15(17(14,3)18)22-5-4-11(23)21-16(22)26/h4-5,9-10,14-15,19-20,27H,6-8H2,1-3H3/p+1/t10-,14-,15-,17-,32?/m1/s1. The van der Waals surface area contributed by atoms with Crippen molar-refractivity contribution in [3.05, 3.63) is 33.1 Å². The third-order valence-corrected chi connectivity index (χ3v) is 6.41. The Kier molecular flexibility index (Phi) is 7.12. The summed E-state index contributed by atoms with van der Waals surface area (Å²) < 4.78 is 37.8. The second-order valence-electron chi connectivity index (χ2n) is 7.69. The molecule has 4 N–H and O–H groups in total. The van der Waals surface area contributed by atoms with Crippen molar-refractivity contribution in [2.75, 3.05) is 19.7 Å². The van der Waals surface area contributed by atoms with Gasteiger partial charge in [0.05, 0.1) is 6.10 Å². The van der Waals surface area contributed by atoms with Crippen molar-refractivity contribution in [3.8, 4) is 0 Å². The van der Waals surface area contributed by atoms with Crippen LogP contribution in [0.2, 0.25) is 0 Å². The summed E-state index contributed by atoms with van der Waals surface area (Å²) in [6, 6.07) is 1.02. The number of H-pyrrole nitrogens is 1. The molecule has 0 bridgehead atoms. The first-order chi connectivity index (χ1) is 14.9. The van der Waals surface area contributed by atoms with E-state index in [0.29, 0.717) is 0 Å². The van der Waals surface area contributed by atoms with Crippen molar-refractivity contribution in [1.82, 2.24) is 19.7 Å². The third-order valence-electron chi connectivity index (χ3n) is 4.71. The van der Waals surface area contributed by atoms with Gasteiger partial charge in [-0.1, -0.05) is 0 Å². The molecule has 2 saturated heterocycles. The van der Waals surface area contributed by atoms with Gasteiger partial charge in [-0.15, -0.1) is 10.2 Å². The van der Waals surface area contributed by atoms with Gasteiger partial charge in [0.25, 0.3) is 5.56 Å². The maximum atomic E-state index is 15.7. The quantitative estimate of drug-likeness (QED) is 0.299. The van der Waals surface area contributed by atoms with Gasteiger partial charge in [-0.2, -0.15) is 9.42 Å². The molecular weight excluding hydrogens is 454 g/mol. The minimum absolute atomic E-state index is 0.371. The molecule has 0 spiro atoms. The molecule has 1 aromatic rings. The summed E-state index contributed by atoms with van der Waals surface area (Å²) in [7, 11) is -3.72. The summed E-state index contributed by atoms with van der Waals surface area (Å²) in [6.45, 7) is 2.97. The summed E-state index contributed by atoms with van der Waals surface area (Å²) >= 11 is 0. The van der Waals surface area contributed by atoms with Gasteiger partial charge in [0, 0.05) is 12.3 Å². The van der Waals surface area contributed by atoms with Crippen molar-refractivity contribution in [2.24, 2.45) is 0 Å². The molecule has 2 fully saturated rings. The second kappa shape index (κ2) is 9.33. The minimum Gasteiger partial charge on any atom is -0.462 e. The van der Waals surface area contributed by atoms with Gasteiger partial charge in [0.15, 0.2) is 18.0 Å². The van der Waals surface area contributed by atoms with Crippen LogP contribution in [0.3, 0.4) is 0 Å². The molecule has 1 unspecified atom stereocenters. The molecule has 0 radical (unpaired) electrons. The predicted molar refractivity (Wildman–Crippen MR) is 107 cm³/mol. The van der Waals surface area contributed by atoms with E-state index in [0.717, 1.165) is 23.8 Å². The van der Waals surface area contributed by atoms with Gasteiger partial charge in [-0.25, -0.2) is 9.18 Å². The van der Waals surface area contributed by atoms with E-state index in [-0.39, 0.29) is 6.10 Å². The zero-order valence-corrected chi connectivity index (χ0v) is 18.5. The number of carbonyl (C=O) groups excluding carboxylic acids is 2. The molecule has 32 heavy (non-hydrogen) atoms. The van der Waals surface area contributed by atoms with E-state index in [1.165, 1.54) is 0 Å². The van der Waals surface area contributed by atoms with E-state index in [2.05, 4.69) is 10.2 Å². The Hall–Kier alpha value is -2.22. The fourth-order valence-electron chi connectivity index (χ4n) is 3.30. The van der Waals surface area contributed by atoms with E-state index in [1.54, 1.807) is 13.8 Å². The number of fused-ring (bicyclic) bond motifs is 1.